The van der Waals surface area contributed by atoms with E-state index < -0.39 is 0 Å². The van der Waals surface area contributed by atoms with Crippen LogP contribution in [0.4, 0.5) is 0 Å². The predicted molar refractivity (Wildman–Crippen MR) is 72.2 cm³/mol. The molecule has 0 bridgehead atoms. The fourth-order valence-electron chi connectivity index (χ4n) is 3.74. The van der Waals surface area contributed by atoms with Crippen molar-refractivity contribution in [1.29, 1.82) is 0 Å². The van der Waals surface area contributed by atoms with Gasteiger partial charge in [-0.1, -0.05) is 27.7 Å². The normalized spacial score (nSPS) is 41.6. The molecule has 0 radical (unpaired) electrons. The molecule has 1 N–H and O–H groups in total. The Hall–Kier alpha value is -0.0800. The molecule has 1 saturated heterocycles. The molecule has 1 heterocycles. The van der Waals surface area contributed by atoms with Gasteiger partial charge in [0.15, 0.2) is 0 Å². The van der Waals surface area contributed by atoms with Crippen LogP contribution in [0.25, 0.3) is 0 Å². The molecule has 1 aliphatic heterocycles. The van der Waals surface area contributed by atoms with Crippen molar-refractivity contribution in [3.63, 3.8) is 0 Å². The van der Waals surface area contributed by atoms with Gasteiger partial charge >= 0.3 is 0 Å². The van der Waals surface area contributed by atoms with Crippen LogP contribution < -0.4 is 5.32 Å². The highest BCUT2D eigenvalue weighted by Crippen LogP contribution is 2.44. The maximum absolute atomic E-state index is 6.70. The zero-order chi connectivity index (χ0) is 12.5. The quantitative estimate of drug-likeness (QED) is 0.798. The highest BCUT2D eigenvalue weighted by atomic mass is 16.5. The molecule has 0 amide bonds. The van der Waals surface area contributed by atoms with Gasteiger partial charge in [-0.2, -0.15) is 0 Å². The van der Waals surface area contributed by atoms with Crippen molar-refractivity contribution >= 4 is 0 Å². The largest absolute Gasteiger partial charge is 0.366 e. The van der Waals surface area contributed by atoms with Crippen LogP contribution >= 0.6 is 0 Å². The molecule has 3 unspecified atom stereocenters. The lowest BCUT2D eigenvalue weighted by molar-refractivity contribution is -0.217. The third-order valence-electron chi connectivity index (χ3n) is 5.29. The first kappa shape index (κ1) is 13.4. The fourth-order valence-corrected chi connectivity index (χ4v) is 3.74. The van der Waals surface area contributed by atoms with Crippen LogP contribution in [-0.2, 0) is 4.74 Å². The molecule has 2 nitrogen and oxygen atoms in total. The standard InChI is InChI=1S/C15H29NO/c1-5-14(6-2)10-16-11-15(17-14)8-7-12(3)9-13(15)4/h12-13,16H,5-11H2,1-4H3. The van der Waals surface area contributed by atoms with Crippen molar-refractivity contribution in [3.05, 3.63) is 0 Å². The molecular weight excluding hydrogens is 210 g/mol. The smallest absolute Gasteiger partial charge is 0.0840 e. The van der Waals surface area contributed by atoms with E-state index in [1.165, 1.54) is 19.3 Å². The van der Waals surface area contributed by atoms with E-state index in [-0.39, 0.29) is 11.2 Å². The minimum absolute atomic E-state index is 0.0904. The molecule has 2 fully saturated rings. The number of hydrogen-bond donors (Lipinski definition) is 1. The van der Waals surface area contributed by atoms with Crippen molar-refractivity contribution in [1.82, 2.24) is 5.32 Å². The summed E-state index contributed by atoms with van der Waals surface area (Å²) in [5.74, 6) is 1.57. The van der Waals surface area contributed by atoms with Crippen LogP contribution in [0.1, 0.15) is 59.8 Å². The van der Waals surface area contributed by atoms with E-state index >= 15 is 0 Å². The molecule has 1 spiro atoms. The van der Waals surface area contributed by atoms with Crippen LogP contribution in [0, 0.1) is 11.8 Å². The molecule has 0 aromatic heterocycles. The van der Waals surface area contributed by atoms with Crippen molar-refractivity contribution in [3.8, 4) is 0 Å². The van der Waals surface area contributed by atoms with Crippen molar-refractivity contribution in [2.45, 2.75) is 71.0 Å². The molecular formula is C15H29NO. The Bertz CT molecular complexity index is 262. The van der Waals surface area contributed by atoms with E-state index in [4.69, 9.17) is 4.74 Å². The molecule has 3 atom stereocenters. The minimum atomic E-state index is 0.0904. The van der Waals surface area contributed by atoms with Crippen LogP contribution in [0.2, 0.25) is 0 Å². The minimum Gasteiger partial charge on any atom is -0.366 e. The first-order chi connectivity index (χ1) is 8.06. The Morgan fingerprint density at radius 2 is 1.88 bits per heavy atom. The van der Waals surface area contributed by atoms with E-state index in [0.717, 1.165) is 31.8 Å². The van der Waals surface area contributed by atoms with E-state index in [1.807, 2.05) is 0 Å². The topological polar surface area (TPSA) is 21.3 Å². The highest BCUT2D eigenvalue weighted by Gasteiger charge is 2.48. The van der Waals surface area contributed by atoms with Crippen LogP contribution in [0.15, 0.2) is 0 Å². The Morgan fingerprint density at radius 1 is 1.18 bits per heavy atom. The maximum atomic E-state index is 6.70. The first-order valence-electron chi connectivity index (χ1n) is 7.47. The van der Waals surface area contributed by atoms with Gasteiger partial charge in [0, 0.05) is 13.1 Å². The summed E-state index contributed by atoms with van der Waals surface area (Å²) in [7, 11) is 0. The third-order valence-corrected chi connectivity index (χ3v) is 5.29. The highest BCUT2D eigenvalue weighted by molar-refractivity contribution is 5.00. The van der Waals surface area contributed by atoms with Crippen molar-refractivity contribution in [2.24, 2.45) is 11.8 Å². The SMILES string of the molecule is CCC1(CC)CNCC2(CCC(C)CC2C)O1. The summed E-state index contributed by atoms with van der Waals surface area (Å²) < 4.78 is 6.70. The van der Waals surface area contributed by atoms with Gasteiger partial charge in [0.05, 0.1) is 11.2 Å². The summed E-state index contributed by atoms with van der Waals surface area (Å²) >= 11 is 0. The lowest BCUT2D eigenvalue weighted by Gasteiger charge is -2.54. The maximum Gasteiger partial charge on any atom is 0.0840 e. The Labute approximate surface area is 107 Å². The number of nitrogens with one attached hydrogen (secondary N) is 1. The van der Waals surface area contributed by atoms with Gasteiger partial charge in [0.25, 0.3) is 0 Å². The molecule has 100 valence electrons. The molecule has 2 heteroatoms. The number of hydrogen-bond acceptors (Lipinski definition) is 2. The Morgan fingerprint density at radius 3 is 2.47 bits per heavy atom. The van der Waals surface area contributed by atoms with E-state index in [1.54, 1.807) is 0 Å². The van der Waals surface area contributed by atoms with Gasteiger partial charge < -0.3 is 10.1 Å². The second kappa shape index (κ2) is 4.89. The van der Waals surface area contributed by atoms with Gasteiger partial charge in [0.1, 0.15) is 0 Å². The second-order valence-electron chi connectivity index (χ2n) is 6.44. The molecule has 0 aromatic carbocycles. The van der Waals surface area contributed by atoms with Gasteiger partial charge in [-0.05, 0) is 43.9 Å². The molecule has 1 saturated carbocycles. The number of morpholine rings is 1. The van der Waals surface area contributed by atoms with Crippen LogP contribution in [-0.4, -0.2) is 24.3 Å². The van der Waals surface area contributed by atoms with E-state index in [9.17, 15) is 0 Å². The average molecular weight is 239 g/mol. The summed E-state index contributed by atoms with van der Waals surface area (Å²) in [6.45, 7) is 11.4. The van der Waals surface area contributed by atoms with Gasteiger partial charge in [-0.25, -0.2) is 0 Å². The first-order valence-corrected chi connectivity index (χ1v) is 7.47. The molecule has 2 rings (SSSR count). The number of ether oxygens (including phenoxy) is 1. The zero-order valence-electron chi connectivity index (χ0n) is 12.0. The van der Waals surface area contributed by atoms with E-state index in [2.05, 4.69) is 33.0 Å². The molecule has 17 heavy (non-hydrogen) atoms. The summed E-state index contributed by atoms with van der Waals surface area (Å²) in [5.41, 5.74) is 0.212. The zero-order valence-corrected chi connectivity index (χ0v) is 12.0. The molecule has 2 aliphatic rings. The average Bonchev–Trinajstić information content (AvgIpc) is 2.35. The lowest BCUT2D eigenvalue weighted by Crippen LogP contribution is -2.63. The molecule has 1 aliphatic carbocycles. The van der Waals surface area contributed by atoms with Gasteiger partial charge in [-0.15, -0.1) is 0 Å². The van der Waals surface area contributed by atoms with Gasteiger partial charge in [-0.3, -0.25) is 0 Å². The summed E-state index contributed by atoms with van der Waals surface area (Å²) in [6.07, 6.45) is 6.14. The lowest BCUT2D eigenvalue weighted by atomic mass is 9.70. The van der Waals surface area contributed by atoms with E-state index in [0.29, 0.717) is 5.92 Å². The second-order valence-corrected chi connectivity index (χ2v) is 6.44. The third kappa shape index (κ3) is 2.39. The summed E-state index contributed by atoms with van der Waals surface area (Å²) in [6, 6.07) is 0. The fraction of sp³-hybridized carbons (Fsp3) is 1.00. The van der Waals surface area contributed by atoms with Crippen molar-refractivity contribution in [2.75, 3.05) is 13.1 Å². The number of rotatable bonds is 2. The predicted octanol–water partition coefficient (Wildman–Crippen LogP) is 3.36. The molecule has 0 aromatic rings. The van der Waals surface area contributed by atoms with Gasteiger partial charge in [0.2, 0.25) is 0 Å². The van der Waals surface area contributed by atoms with Crippen molar-refractivity contribution < 1.29 is 4.74 Å². The summed E-state index contributed by atoms with van der Waals surface area (Å²) in [4.78, 5) is 0. The summed E-state index contributed by atoms with van der Waals surface area (Å²) in [5, 5.41) is 3.66. The Kier molecular flexibility index (Phi) is 3.84. The van der Waals surface area contributed by atoms with Crippen LogP contribution in [0.5, 0.6) is 0 Å². The Balaban J connectivity index is 2.14. The van der Waals surface area contributed by atoms with Crippen LogP contribution in [0.3, 0.4) is 0 Å². The monoisotopic (exact) mass is 239 g/mol.